The van der Waals surface area contributed by atoms with E-state index in [1.54, 1.807) is 0 Å². The molecule has 4 bridgehead atoms. The van der Waals surface area contributed by atoms with Crippen LogP contribution in [0.4, 0.5) is 0 Å². The standard InChI is InChI=1S/C12H6O43S8/c13-1-3-5(6(35-53-62(27,28)52-34-5)4(2-14,31-3)40-56(15,16)41-6)42-60(23,24)50-37-8-7(43-57(17,18)44-8)9-12(48-58(19,20)45-9,49-61(25,26)51-36-7)39-55-63(29,30)54-38-10(8)11(32-3,33-9)47-59(21,22)46-10/h13-14H,1-2H2/t3?,4-,5+,6-,7-,8-,9-,10+,11+,12?/m1/s1. The lowest BCUT2D eigenvalue weighted by atomic mass is 9.82. The molecule has 10 aliphatic rings. The SMILES string of the molecule is O=S1(=O)OO[C@]23OS(=O)(=O)OO[C@@]45OS(=O)(=O)O[C@]46OOS(=O)(=O)OC47OOS(=O)(=O)OO[C@]58OS(=O)(=O)O[C@@]8(OC2(CO)O[C@]2(CO)OS(=O)(=O)O[C@]23OO1)O[C@]46OS(=O)(=O)O7. The molecule has 63 heavy (non-hydrogen) atoms. The van der Waals surface area contributed by atoms with Crippen molar-refractivity contribution in [2.45, 2.75) is 58.2 Å². The Bertz CT molecular complexity index is 3050. The highest BCUT2D eigenvalue weighted by atomic mass is 32.3. The van der Waals surface area contributed by atoms with Gasteiger partial charge in [-0.2, -0.15) is 129 Å². The van der Waals surface area contributed by atoms with E-state index < -0.39 is 155 Å². The molecule has 10 saturated heterocycles. The topological polar surface area (TPSA) is 544 Å². The van der Waals surface area contributed by atoms with Crippen LogP contribution in [0.2, 0.25) is 0 Å². The summed E-state index contributed by atoms with van der Waals surface area (Å²) in [4.78, 5) is 26.6. The average Bonchev–Trinajstić information content (AvgIpc) is 3.71. The Labute approximate surface area is 342 Å². The predicted octanol–water partition coefficient (Wildman–Crippen LogP) is -10.2. The zero-order valence-corrected chi connectivity index (χ0v) is 33.8. The van der Waals surface area contributed by atoms with Gasteiger partial charge in [0.05, 0.1) is 0 Å². The van der Waals surface area contributed by atoms with E-state index >= 15 is 0 Å². The minimum atomic E-state index is -7.17. The van der Waals surface area contributed by atoms with Crippen LogP contribution in [0.3, 0.4) is 0 Å². The maximum absolute atomic E-state index is 14.0. The number of hydrogen-bond acceptors (Lipinski definition) is 43. The summed E-state index contributed by atoms with van der Waals surface area (Å²) < 4.78 is 296. The van der Waals surface area contributed by atoms with E-state index in [1.807, 2.05) is 0 Å². The van der Waals surface area contributed by atoms with Gasteiger partial charge < -0.3 is 14.9 Å². The summed E-state index contributed by atoms with van der Waals surface area (Å²) >= 11 is 0. The molecule has 10 aliphatic heterocycles. The largest absolute Gasteiger partial charge is 0.453 e. The first-order valence-corrected chi connectivity index (χ1v) is 24.8. The van der Waals surface area contributed by atoms with Gasteiger partial charge in [0.1, 0.15) is 13.2 Å². The summed E-state index contributed by atoms with van der Waals surface area (Å²) in [5, 5.41) is 21.6. The highest BCUT2D eigenvalue weighted by Crippen LogP contribution is 2.75. The van der Waals surface area contributed by atoms with Crippen LogP contribution >= 0.6 is 0 Å². The van der Waals surface area contributed by atoms with Gasteiger partial charge in [0.25, 0.3) is 11.6 Å². The molecule has 0 aliphatic carbocycles. The van der Waals surface area contributed by atoms with Crippen LogP contribution in [-0.2, 0) is 195 Å². The molecule has 10 rings (SSSR count). The highest BCUT2D eigenvalue weighted by molar-refractivity contribution is 7.84. The van der Waals surface area contributed by atoms with Crippen LogP contribution in [0, 0.1) is 0 Å². The van der Waals surface area contributed by atoms with Crippen molar-refractivity contribution in [1.82, 2.24) is 0 Å². The Balaban J connectivity index is 1.40. The molecule has 5 spiro atoms. The second-order valence-corrected chi connectivity index (χ2v) is 21.0. The first-order chi connectivity index (χ1) is 28.6. The zero-order chi connectivity index (χ0) is 46.1. The molecule has 43 nitrogen and oxygen atoms in total. The third-order valence-electron chi connectivity index (χ3n) is 8.45. The van der Waals surface area contributed by atoms with E-state index in [4.69, 9.17) is 14.2 Å². The van der Waals surface area contributed by atoms with E-state index in [-0.39, 0.29) is 0 Å². The third-order valence-corrected chi connectivity index (χ3v) is 14.2. The lowest BCUT2D eigenvalue weighted by molar-refractivity contribution is -0.698. The molecule has 0 aromatic carbocycles. The lowest BCUT2D eigenvalue weighted by Crippen LogP contribution is -2.92. The maximum Gasteiger partial charge on any atom is 0.453 e. The van der Waals surface area contributed by atoms with Gasteiger partial charge in [-0.25, -0.2) is 4.18 Å². The van der Waals surface area contributed by atoms with E-state index in [9.17, 15) is 77.6 Å². The maximum atomic E-state index is 14.0. The predicted molar refractivity (Wildman–Crippen MR) is 140 cm³/mol. The second-order valence-electron chi connectivity index (χ2n) is 11.9. The van der Waals surface area contributed by atoms with Crippen molar-refractivity contribution in [3.63, 3.8) is 0 Å². The van der Waals surface area contributed by atoms with Crippen molar-refractivity contribution in [2.24, 2.45) is 0 Å². The van der Waals surface area contributed by atoms with Crippen LogP contribution in [0.5, 0.6) is 0 Å². The molecule has 2 N–H and O–H groups in total. The summed E-state index contributed by atoms with van der Waals surface area (Å²) in [6.07, 6.45) is 0. The number of ether oxygens (including phenoxy) is 3. The molecule has 2 unspecified atom stereocenters. The molecule has 10 heterocycles. The van der Waals surface area contributed by atoms with Crippen LogP contribution in [0.15, 0.2) is 0 Å². The molecule has 51 heteroatoms. The fourth-order valence-electron chi connectivity index (χ4n) is 6.62. The van der Waals surface area contributed by atoms with Gasteiger partial charge in [-0.1, -0.05) is 26.0 Å². The van der Waals surface area contributed by atoms with Gasteiger partial charge in [-0.05, 0) is 0 Å². The molecule has 0 amide bonds. The Morgan fingerprint density at radius 2 is 0.603 bits per heavy atom. The van der Waals surface area contributed by atoms with Crippen LogP contribution in [-0.4, -0.2) is 149 Å². The summed E-state index contributed by atoms with van der Waals surface area (Å²) in [7, 11) is -52.8. The summed E-state index contributed by atoms with van der Waals surface area (Å²) in [5.41, 5.74) is 0. The minimum Gasteiger partial charge on any atom is -0.391 e. The van der Waals surface area contributed by atoms with Gasteiger partial charge >= 0.3 is 130 Å². The number of hydrogen-bond donors (Lipinski definition) is 2. The van der Waals surface area contributed by atoms with Gasteiger partial charge in [-0.15, -0.1) is 4.89 Å². The molecule has 10 atom stereocenters. The molecular weight excluding hydrogens is 1090 g/mol. The van der Waals surface area contributed by atoms with Crippen molar-refractivity contribution in [1.29, 1.82) is 0 Å². The van der Waals surface area contributed by atoms with Crippen molar-refractivity contribution >= 4 is 83.2 Å². The quantitative estimate of drug-likeness (QED) is 0.242. The molecule has 360 valence electrons. The second kappa shape index (κ2) is 12.0. The fourth-order valence-corrected chi connectivity index (χ4v) is 13.1. The number of aliphatic hydroxyl groups is 2. The van der Waals surface area contributed by atoms with Crippen LogP contribution in [0.1, 0.15) is 0 Å². The van der Waals surface area contributed by atoms with Crippen LogP contribution in [0.25, 0.3) is 0 Å². The summed E-state index contributed by atoms with van der Waals surface area (Å²) in [5.74, 6) is -51.7. The van der Waals surface area contributed by atoms with Crippen molar-refractivity contribution in [3.8, 4) is 0 Å². The first-order valence-electron chi connectivity index (χ1n) is 14.2. The number of rotatable bonds is 2. The summed E-state index contributed by atoms with van der Waals surface area (Å²) in [6, 6.07) is 0. The van der Waals surface area contributed by atoms with Gasteiger partial charge in [-0.3, -0.25) is 9.47 Å². The van der Waals surface area contributed by atoms with Gasteiger partial charge in [0, 0.05) is 0 Å². The molecular formula is C12H6O43S8. The summed E-state index contributed by atoms with van der Waals surface area (Å²) in [6.45, 7) is -5.10. The number of aliphatic hydroxyl groups excluding tert-OH is 2. The lowest BCUT2D eigenvalue weighted by Gasteiger charge is -2.58. The molecule has 0 aromatic rings. The van der Waals surface area contributed by atoms with Gasteiger partial charge in [0.2, 0.25) is 0 Å². The van der Waals surface area contributed by atoms with E-state index in [1.165, 1.54) is 0 Å². The Hall–Kier alpha value is -1.48. The van der Waals surface area contributed by atoms with Crippen LogP contribution < -0.4 is 0 Å². The monoisotopic (exact) mass is 1090 g/mol. The normalized spacial score (nSPS) is 53.2. The molecule has 0 aromatic heterocycles. The Morgan fingerprint density at radius 1 is 0.270 bits per heavy atom. The Kier molecular flexibility index (Phi) is 8.65. The fraction of sp³-hybridized carbons (Fsp3) is 1.00. The van der Waals surface area contributed by atoms with Crippen molar-refractivity contribution < 1.29 is 189 Å². The first kappa shape index (κ1) is 45.3. The smallest absolute Gasteiger partial charge is 0.391 e. The van der Waals surface area contributed by atoms with Gasteiger partial charge in [0.15, 0.2) is 0 Å². The Morgan fingerprint density at radius 3 is 1.16 bits per heavy atom. The molecule has 10 fully saturated rings. The van der Waals surface area contributed by atoms with E-state index in [2.05, 4.69) is 97.2 Å². The minimum absolute atomic E-state index is 2.37. The third kappa shape index (κ3) is 5.37. The zero-order valence-electron chi connectivity index (χ0n) is 27.3. The van der Waals surface area contributed by atoms with E-state index in [0.29, 0.717) is 0 Å². The molecule has 0 radical (unpaired) electrons. The molecule has 0 saturated carbocycles. The average molecular weight is 1090 g/mol. The highest BCUT2D eigenvalue weighted by Gasteiger charge is 3.09. The van der Waals surface area contributed by atoms with E-state index in [0.717, 1.165) is 0 Å². The van der Waals surface area contributed by atoms with Crippen molar-refractivity contribution in [2.75, 3.05) is 13.2 Å². The van der Waals surface area contributed by atoms with Crippen molar-refractivity contribution in [3.05, 3.63) is 0 Å².